The molecule has 0 aliphatic rings. The minimum Gasteiger partial charge on any atom is -0.496 e. The third kappa shape index (κ3) is 3.50. The Hall–Kier alpha value is -1.03. The Bertz CT molecular complexity index is 511. The summed E-state index contributed by atoms with van der Waals surface area (Å²) in [6, 6.07) is 10.3. The van der Waals surface area contributed by atoms with Gasteiger partial charge in [-0.1, -0.05) is 26.0 Å². The minimum atomic E-state index is -0.112. The van der Waals surface area contributed by atoms with E-state index in [2.05, 4.69) is 32.0 Å². The number of hydrogen-bond donors (Lipinski definition) is 1. The zero-order valence-corrected chi connectivity index (χ0v) is 13.1. The summed E-state index contributed by atoms with van der Waals surface area (Å²) in [5.74, 6) is 1.35. The summed E-state index contributed by atoms with van der Waals surface area (Å²) in [7, 11) is 1.69. The predicted octanol–water partition coefficient (Wildman–Crippen LogP) is 4.35. The fraction of sp³-hybridized carbons (Fsp3) is 0.333. The number of rotatable bonds is 4. The molecule has 1 aromatic carbocycles. The van der Waals surface area contributed by atoms with Gasteiger partial charge in [-0.2, -0.15) is 0 Å². The number of methoxy groups -OCH3 is 1. The molecule has 4 heteroatoms. The third-order valence-electron chi connectivity index (χ3n) is 3.11. The van der Waals surface area contributed by atoms with Crippen molar-refractivity contribution in [1.82, 2.24) is 0 Å². The average molecular weight is 298 g/mol. The lowest BCUT2D eigenvalue weighted by Gasteiger charge is -2.17. The Kier molecular flexibility index (Phi) is 5.85. The number of ether oxygens (including phenoxy) is 1. The molecule has 0 radical (unpaired) electrons. The SMILES string of the molecule is COc1ccc(C(C)C)cc1[C@H](N)c1cccs1.Cl. The summed E-state index contributed by atoms with van der Waals surface area (Å²) in [6.45, 7) is 4.37. The number of nitrogens with two attached hydrogens (primary N) is 1. The van der Waals surface area contributed by atoms with Crippen molar-refractivity contribution in [2.75, 3.05) is 7.11 Å². The summed E-state index contributed by atoms with van der Waals surface area (Å²) in [5, 5.41) is 2.05. The summed E-state index contributed by atoms with van der Waals surface area (Å²) in [5.41, 5.74) is 8.69. The molecule has 0 aliphatic heterocycles. The number of hydrogen-bond acceptors (Lipinski definition) is 3. The van der Waals surface area contributed by atoms with Crippen LogP contribution in [0.3, 0.4) is 0 Å². The van der Waals surface area contributed by atoms with Gasteiger partial charge in [-0.25, -0.2) is 0 Å². The van der Waals surface area contributed by atoms with E-state index in [4.69, 9.17) is 10.5 Å². The van der Waals surface area contributed by atoms with Gasteiger partial charge < -0.3 is 10.5 Å². The van der Waals surface area contributed by atoms with Gasteiger partial charge in [0.15, 0.2) is 0 Å². The van der Waals surface area contributed by atoms with Crippen molar-refractivity contribution in [2.45, 2.75) is 25.8 Å². The van der Waals surface area contributed by atoms with Crippen molar-refractivity contribution >= 4 is 23.7 Å². The fourth-order valence-electron chi connectivity index (χ4n) is 1.98. The molecule has 0 aliphatic carbocycles. The van der Waals surface area contributed by atoms with Crippen molar-refractivity contribution in [3.8, 4) is 5.75 Å². The molecule has 0 saturated carbocycles. The van der Waals surface area contributed by atoms with E-state index in [1.165, 1.54) is 5.56 Å². The Morgan fingerprint density at radius 1 is 1.21 bits per heavy atom. The van der Waals surface area contributed by atoms with Crippen molar-refractivity contribution in [3.63, 3.8) is 0 Å². The standard InChI is InChI=1S/C15H19NOS.ClH/c1-10(2)11-6-7-13(17-3)12(9-11)15(16)14-5-4-8-18-14;/h4-10,15H,16H2,1-3H3;1H/t15-;/m0./s1. The first kappa shape index (κ1) is 16.0. The first-order valence-electron chi connectivity index (χ1n) is 6.10. The summed E-state index contributed by atoms with van der Waals surface area (Å²) >= 11 is 1.68. The maximum atomic E-state index is 6.34. The highest BCUT2D eigenvalue weighted by atomic mass is 35.5. The zero-order valence-electron chi connectivity index (χ0n) is 11.4. The van der Waals surface area contributed by atoms with Crippen LogP contribution >= 0.6 is 23.7 Å². The molecule has 0 amide bonds. The lowest BCUT2D eigenvalue weighted by atomic mass is 9.96. The second kappa shape index (κ2) is 6.94. The molecular formula is C15H20ClNOS. The van der Waals surface area contributed by atoms with Crippen LogP contribution in [0.25, 0.3) is 0 Å². The van der Waals surface area contributed by atoms with E-state index >= 15 is 0 Å². The predicted molar refractivity (Wildman–Crippen MR) is 84.7 cm³/mol. The zero-order chi connectivity index (χ0) is 13.1. The highest BCUT2D eigenvalue weighted by Crippen LogP contribution is 2.32. The van der Waals surface area contributed by atoms with E-state index in [1.807, 2.05) is 17.5 Å². The van der Waals surface area contributed by atoms with Crippen LogP contribution in [-0.2, 0) is 0 Å². The van der Waals surface area contributed by atoms with Crippen molar-refractivity contribution in [1.29, 1.82) is 0 Å². The second-order valence-electron chi connectivity index (χ2n) is 4.65. The molecule has 2 aromatic rings. The summed E-state index contributed by atoms with van der Waals surface area (Å²) in [4.78, 5) is 1.16. The van der Waals surface area contributed by atoms with Crippen molar-refractivity contribution in [3.05, 3.63) is 51.7 Å². The molecule has 0 saturated heterocycles. The van der Waals surface area contributed by atoms with E-state index in [0.717, 1.165) is 16.2 Å². The molecule has 2 N–H and O–H groups in total. The number of benzene rings is 1. The molecule has 19 heavy (non-hydrogen) atoms. The van der Waals surface area contributed by atoms with Crippen LogP contribution in [0.15, 0.2) is 35.7 Å². The maximum Gasteiger partial charge on any atom is 0.124 e. The quantitative estimate of drug-likeness (QED) is 0.910. The molecule has 2 nitrogen and oxygen atoms in total. The van der Waals surface area contributed by atoms with Gasteiger partial charge in [0.25, 0.3) is 0 Å². The van der Waals surface area contributed by atoms with Crippen LogP contribution in [0.4, 0.5) is 0 Å². The largest absolute Gasteiger partial charge is 0.496 e. The van der Waals surface area contributed by atoms with Crippen molar-refractivity contribution < 1.29 is 4.74 Å². The monoisotopic (exact) mass is 297 g/mol. The van der Waals surface area contributed by atoms with E-state index < -0.39 is 0 Å². The van der Waals surface area contributed by atoms with Crippen LogP contribution in [0.5, 0.6) is 5.75 Å². The molecule has 2 rings (SSSR count). The molecule has 0 fully saturated rings. The number of halogens is 1. The lowest BCUT2D eigenvalue weighted by Crippen LogP contribution is -2.12. The molecule has 0 unspecified atom stereocenters. The Balaban J connectivity index is 0.00000180. The van der Waals surface area contributed by atoms with Crippen LogP contribution in [0.1, 0.15) is 41.8 Å². The fourth-order valence-corrected chi connectivity index (χ4v) is 2.72. The van der Waals surface area contributed by atoms with Gasteiger partial charge in [0.1, 0.15) is 5.75 Å². The van der Waals surface area contributed by atoms with E-state index in [0.29, 0.717) is 5.92 Å². The van der Waals surface area contributed by atoms with Gasteiger partial charge in [0.2, 0.25) is 0 Å². The Morgan fingerprint density at radius 2 is 1.95 bits per heavy atom. The van der Waals surface area contributed by atoms with Gasteiger partial charge in [0, 0.05) is 10.4 Å². The highest BCUT2D eigenvalue weighted by Gasteiger charge is 2.16. The first-order valence-corrected chi connectivity index (χ1v) is 6.98. The van der Waals surface area contributed by atoms with E-state index in [-0.39, 0.29) is 18.4 Å². The first-order chi connectivity index (χ1) is 8.63. The summed E-state index contributed by atoms with van der Waals surface area (Å²) < 4.78 is 5.42. The maximum absolute atomic E-state index is 6.34. The normalized spacial score (nSPS) is 12.1. The van der Waals surface area contributed by atoms with Crippen LogP contribution in [-0.4, -0.2) is 7.11 Å². The Morgan fingerprint density at radius 3 is 2.47 bits per heavy atom. The third-order valence-corrected chi connectivity index (χ3v) is 4.06. The molecule has 0 spiro atoms. The minimum absolute atomic E-state index is 0. The van der Waals surface area contributed by atoms with E-state index in [9.17, 15) is 0 Å². The molecule has 104 valence electrons. The van der Waals surface area contributed by atoms with Gasteiger partial charge in [0.05, 0.1) is 13.2 Å². The molecule has 1 atom stereocenters. The molecule has 0 bridgehead atoms. The Labute approximate surface area is 125 Å². The van der Waals surface area contributed by atoms with Gasteiger partial charge in [-0.3, -0.25) is 0 Å². The molecule has 1 aromatic heterocycles. The smallest absolute Gasteiger partial charge is 0.124 e. The topological polar surface area (TPSA) is 35.2 Å². The molecule has 1 heterocycles. The second-order valence-corrected chi connectivity index (χ2v) is 5.63. The lowest BCUT2D eigenvalue weighted by molar-refractivity contribution is 0.407. The number of thiophene rings is 1. The van der Waals surface area contributed by atoms with Gasteiger partial charge in [-0.15, -0.1) is 23.7 Å². The van der Waals surface area contributed by atoms with Crippen molar-refractivity contribution in [2.24, 2.45) is 5.73 Å². The van der Waals surface area contributed by atoms with Crippen LogP contribution in [0.2, 0.25) is 0 Å². The van der Waals surface area contributed by atoms with Crippen LogP contribution in [0, 0.1) is 0 Å². The highest BCUT2D eigenvalue weighted by molar-refractivity contribution is 7.10. The van der Waals surface area contributed by atoms with E-state index in [1.54, 1.807) is 18.4 Å². The van der Waals surface area contributed by atoms with Gasteiger partial charge >= 0.3 is 0 Å². The summed E-state index contributed by atoms with van der Waals surface area (Å²) in [6.07, 6.45) is 0. The molecular weight excluding hydrogens is 278 g/mol. The average Bonchev–Trinajstić information content (AvgIpc) is 2.90. The van der Waals surface area contributed by atoms with Gasteiger partial charge in [-0.05, 0) is 35.1 Å². The van der Waals surface area contributed by atoms with Crippen LogP contribution < -0.4 is 10.5 Å².